The largest absolute Gasteiger partial charge is 0.486 e. The molecule has 0 spiro atoms. The highest BCUT2D eigenvalue weighted by atomic mass is 16.5. The van der Waals surface area contributed by atoms with E-state index < -0.39 is 0 Å². The van der Waals surface area contributed by atoms with Crippen molar-refractivity contribution < 1.29 is 4.74 Å². The summed E-state index contributed by atoms with van der Waals surface area (Å²) in [5, 5.41) is 4.02. The minimum atomic E-state index is 0.283. The Morgan fingerprint density at radius 1 is 1.33 bits per heavy atom. The van der Waals surface area contributed by atoms with Crippen LogP contribution < -0.4 is 15.4 Å². The first-order chi connectivity index (χ1) is 10.2. The lowest BCUT2D eigenvalue weighted by atomic mass is 10.1. The van der Waals surface area contributed by atoms with E-state index in [0.717, 1.165) is 37.5 Å². The third-order valence-electron chi connectivity index (χ3n) is 3.83. The molecule has 1 atom stereocenters. The first-order valence-corrected chi connectivity index (χ1v) is 7.28. The Kier molecular flexibility index (Phi) is 4.06. The third-order valence-corrected chi connectivity index (χ3v) is 3.83. The lowest BCUT2D eigenvalue weighted by Gasteiger charge is -2.32. The standard InChI is InChI=1S/C15H21N5O/c1-19-15(17-11-18-19)10-21-14-6-4-13(5-7-14)20-8-2-3-12(16)9-20/h4-7,11-12H,2-3,8-10,16H2,1H3. The van der Waals surface area contributed by atoms with E-state index >= 15 is 0 Å². The molecule has 0 bridgehead atoms. The Morgan fingerprint density at radius 2 is 2.14 bits per heavy atom. The molecule has 6 nitrogen and oxygen atoms in total. The van der Waals surface area contributed by atoms with Crippen molar-refractivity contribution in [2.24, 2.45) is 12.8 Å². The lowest BCUT2D eigenvalue weighted by Crippen LogP contribution is -2.42. The van der Waals surface area contributed by atoms with Crippen LogP contribution in [0, 0.1) is 0 Å². The molecule has 2 N–H and O–H groups in total. The molecule has 6 heteroatoms. The van der Waals surface area contributed by atoms with Crippen molar-refractivity contribution in [3.8, 4) is 5.75 Å². The van der Waals surface area contributed by atoms with Crippen molar-refractivity contribution in [2.75, 3.05) is 18.0 Å². The highest BCUT2D eigenvalue weighted by molar-refractivity contribution is 5.49. The van der Waals surface area contributed by atoms with Crippen molar-refractivity contribution in [1.29, 1.82) is 0 Å². The van der Waals surface area contributed by atoms with E-state index in [2.05, 4.69) is 27.1 Å². The van der Waals surface area contributed by atoms with Gasteiger partial charge in [0, 0.05) is 31.9 Å². The van der Waals surface area contributed by atoms with E-state index in [-0.39, 0.29) is 6.04 Å². The van der Waals surface area contributed by atoms with Crippen LogP contribution in [0.4, 0.5) is 5.69 Å². The van der Waals surface area contributed by atoms with Crippen LogP contribution in [0.15, 0.2) is 30.6 Å². The van der Waals surface area contributed by atoms with Gasteiger partial charge >= 0.3 is 0 Å². The molecular weight excluding hydrogens is 266 g/mol. The van der Waals surface area contributed by atoms with Crippen LogP contribution in [0.1, 0.15) is 18.7 Å². The predicted octanol–water partition coefficient (Wildman–Crippen LogP) is 1.32. The molecule has 0 amide bonds. The van der Waals surface area contributed by atoms with Crippen molar-refractivity contribution in [2.45, 2.75) is 25.5 Å². The summed E-state index contributed by atoms with van der Waals surface area (Å²) < 4.78 is 7.44. The molecule has 1 saturated heterocycles. The van der Waals surface area contributed by atoms with Crippen LogP contribution in [-0.4, -0.2) is 33.9 Å². The lowest BCUT2D eigenvalue weighted by molar-refractivity contribution is 0.290. The van der Waals surface area contributed by atoms with Crippen LogP contribution in [0.5, 0.6) is 5.75 Å². The van der Waals surface area contributed by atoms with Crippen molar-refractivity contribution in [3.05, 3.63) is 36.4 Å². The maximum Gasteiger partial charge on any atom is 0.164 e. The van der Waals surface area contributed by atoms with Gasteiger partial charge in [0.2, 0.25) is 0 Å². The average Bonchev–Trinajstić information content (AvgIpc) is 2.91. The zero-order chi connectivity index (χ0) is 14.7. The number of ether oxygens (including phenoxy) is 1. The van der Waals surface area contributed by atoms with Crippen LogP contribution in [0.3, 0.4) is 0 Å². The molecule has 112 valence electrons. The molecule has 2 aromatic rings. The highest BCUT2D eigenvalue weighted by Crippen LogP contribution is 2.22. The van der Waals surface area contributed by atoms with E-state index in [9.17, 15) is 0 Å². The van der Waals surface area contributed by atoms with E-state index in [1.54, 1.807) is 4.68 Å². The molecule has 1 aromatic heterocycles. The number of rotatable bonds is 4. The monoisotopic (exact) mass is 287 g/mol. The van der Waals surface area contributed by atoms with Gasteiger partial charge in [0.1, 0.15) is 18.7 Å². The highest BCUT2D eigenvalue weighted by Gasteiger charge is 2.16. The number of hydrogen-bond donors (Lipinski definition) is 1. The molecule has 0 radical (unpaired) electrons. The summed E-state index contributed by atoms with van der Waals surface area (Å²) in [5.74, 6) is 1.64. The molecule has 1 fully saturated rings. The second-order valence-corrected chi connectivity index (χ2v) is 5.43. The molecule has 21 heavy (non-hydrogen) atoms. The maximum atomic E-state index is 6.03. The first-order valence-electron chi connectivity index (χ1n) is 7.28. The summed E-state index contributed by atoms with van der Waals surface area (Å²) in [6, 6.07) is 8.44. The maximum absolute atomic E-state index is 6.03. The predicted molar refractivity (Wildman–Crippen MR) is 81.2 cm³/mol. The number of aromatic nitrogens is 3. The van der Waals surface area contributed by atoms with Crippen molar-refractivity contribution >= 4 is 5.69 Å². The number of aryl methyl sites for hydroxylation is 1. The quantitative estimate of drug-likeness (QED) is 0.918. The van der Waals surface area contributed by atoms with Gasteiger partial charge in [-0.1, -0.05) is 0 Å². The Balaban J connectivity index is 1.60. The topological polar surface area (TPSA) is 69.2 Å². The van der Waals surface area contributed by atoms with Crippen LogP contribution in [0.25, 0.3) is 0 Å². The number of nitrogens with zero attached hydrogens (tertiary/aromatic N) is 4. The molecule has 0 saturated carbocycles. The van der Waals surface area contributed by atoms with E-state index in [4.69, 9.17) is 10.5 Å². The summed E-state index contributed by atoms with van der Waals surface area (Å²) in [6.45, 7) is 2.43. The smallest absolute Gasteiger partial charge is 0.164 e. The SMILES string of the molecule is Cn1ncnc1COc1ccc(N2CCCC(N)C2)cc1. The fraction of sp³-hybridized carbons (Fsp3) is 0.467. The Bertz CT molecular complexity index is 580. The van der Waals surface area contributed by atoms with Gasteiger partial charge in [-0.25, -0.2) is 4.98 Å². The molecule has 0 aliphatic carbocycles. The van der Waals surface area contributed by atoms with Gasteiger partial charge in [0.25, 0.3) is 0 Å². The third kappa shape index (κ3) is 3.33. The zero-order valence-electron chi connectivity index (χ0n) is 12.3. The van der Waals surface area contributed by atoms with Gasteiger partial charge < -0.3 is 15.4 Å². The first kappa shape index (κ1) is 13.9. The Morgan fingerprint density at radius 3 is 2.81 bits per heavy atom. The number of hydrogen-bond acceptors (Lipinski definition) is 5. The van der Waals surface area contributed by atoms with Gasteiger partial charge in [-0.3, -0.25) is 4.68 Å². The summed E-state index contributed by atoms with van der Waals surface area (Å²) >= 11 is 0. The van der Waals surface area contributed by atoms with Gasteiger partial charge in [-0.2, -0.15) is 5.10 Å². The van der Waals surface area contributed by atoms with Gasteiger partial charge in [0.15, 0.2) is 5.82 Å². The van der Waals surface area contributed by atoms with E-state index in [0.29, 0.717) is 6.61 Å². The molecule has 1 aliphatic rings. The summed E-state index contributed by atoms with van der Waals surface area (Å²) in [5.41, 5.74) is 7.23. The molecule has 1 aliphatic heterocycles. The Hall–Kier alpha value is -2.08. The van der Waals surface area contributed by atoms with Gasteiger partial charge in [0.05, 0.1) is 0 Å². The fourth-order valence-corrected chi connectivity index (χ4v) is 2.60. The second kappa shape index (κ2) is 6.13. The number of benzene rings is 1. The van der Waals surface area contributed by atoms with Crippen LogP contribution in [-0.2, 0) is 13.7 Å². The Labute approximate surface area is 124 Å². The summed E-state index contributed by atoms with van der Waals surface area (Å²) in [4.78, 5) is 6.47. The minimum absolute atomic E-state index is 0.283. The minimum Gasteiger partial charge on any atom is -0.486 e. The second-order valence-electron chi connectivity index (χ2n) is 5.43. The summed E-state index contributed by atoms with van der Waals surface area (Å²) in [7, 11) is 1.86. The van der Waals surface area contributed by atoms with E-state index in [1.807, 2.05) is 19.2 Å². The zero-order valence-corrected chi connectivity index (χ0v) is 12.3. The molecular formula is C15H21N5O. The van der Waals surface area contributed by atoms with Crippen molar-refractivity contribution in [1.82, 2.24) is 14.8 Å². The van der Waals surface area contributed by atoms with E-state index in [1.165, 1.54) is 12.0 Å². The van der Waals surface area contributed by atoms with Gasteiger partial charge in [-0.05, 0) is 37.1 Å². The molecule has 1 unspecified atom stereocenters. The fourth-order valence-electron chi connectivity index (χ4n) is 2.60. The van der Waals surface area contributed by atoms with Crippen LogP contribution >= 0.6 is 0 Å². The number of anilines is 1. The number of piperidine rings is 1. The molecule has 1 aromatic carbocycles. The number of nitrogens with two attached hydrogens (primary N) is 1. The summed E-state index contributed by atoms with van der Waals surface area (Å²) in [6.07, 6.45) is 3.81. The van der Waals surface area contributed by atoms with Crippen molar-refractivity contribution in [3.63, 3.8) is 0 Å². The van der Waals surface area contributed by atoms with Gasteiger partial charge in [-0.15, -0.1) is 0 Å². The van der Waals surface area contributed by atoms with Crippen LogP contribution in [0.2, 0.25) is 0 Å². The average molecular weight is 287 g/mol. The molecule has 2 heterocycles. The normalized spacial score (nSPS) is 18.8. The molecule has 3 rings (SSSR count).